The van der Waals surface area contributed by atoms with Crippen molar-refractivity contribution in [2.45, 2.75) is 25.3 Å². The summed E-state index contributed by atoms with van der Waals surface area (Å²) in [7, 11) is 0. The van der Waals surface area contributed by atoms with E-state index in [2.05, 4.69) is 11.4 Å². The quantitative estimate of drug-likeness (QED) is 0.852. The molecule has 2 heterocycles. The Morgan fingerprint density at radius 2 is 2.28 bits per heavy atom. The van der Waals surface area contributed by atoms with Gasteiger partial charge in [0.15, 0.2) is 0 Å². The minimum absolute atomic E-state index is 0.480. The number of halogens is 1. The zero-order chi connectivity index (χ0) is 12.1. The zero-order valence-corrected chi connectivity index (χ0v) is 11.6. The Morgan fingerprint density at radius 1 is 1.33 bits per heavy atom. The molecule has 1 saturated heterocycles. The molecule has 2 nitrogen and oxygen atoms in total. The van der Waals surface area contributed by atoms with E-state index in [1.54, 1.807) is 0 Å². The number of fused-ring (bicyclic) bond motifs is 2. The highest BCUT2D eigenvalue weighted by molar-refractivity contribution is 7.18. The summed E-state index contributed by atoms with van der Waals surface area (Å²) in [5.74, 6) is 1.69. The van der Waals surface area contributed by atoms with Crippen molar-refractivity contribution >= 4 is 33.2 Å². The van der Waals surface area contributed by atoms with E-state index in [1.165, 1.54) is 35.5 Å². The normalized spacial score (nSPS) is 31.1. The minimum Gasteiger partial charge on any atom is -0.307 e. The number of hydrogen-bond donors (Lipinski definition) is 1. The van der Waals surface area contributed by atoms with Gasteiger partial charge in [-0.25, -0.2) is 4.98 Å². The molecule has 1 aliphatic carbocycles. The Hall–Kier alpha value is -0.640. The lowest BCUT2D eigenvalue weighted by atomic mass is 9.94. The molecule has 94 valence electrons. The zero-order valence-electron chi connectivity index (χ0n) is 10.0. The Kier molecular flexibility index (Phi) is 2.61. The standard InChI is InChI=1S/C14H15ClN2S/c15-9-4-5-12-11(6-9)17-14(18-12)13-10-3-1-2-8(10)7-16-13/h4-6,8,10,13,16H,1-3,7H2. The van der Waals surface area contributed by atoms with Gasteiger partial charge in [0, 0.05) is 5.02 Å². The van der Waals surface area contributed by atoms with Crippen LogP contribution < -0.4 is 5.32 Å². The van der Waals surface area contributed by atoms with Crippen molar-refractivity contribution in [3.8, 4) is 0 Å². The monoisotopic (exact) mass is 278 g/mol. The summed E-state index contributed by atoms with van der Waals surface area (Å²) >= 11 is 7.85. The summed E-state index contributed by atoms with van der Waals surface area (Å²) in [5.41, 5.74) is 1.05. The summed E-state index contributed by atoms with van der Waals surface area (Å²) in [6, 6.07) is 6.48. The number of rotatable bonds is 1. The van der Waals surface area contributed by atoms with Crippen LogP contribution in [0.3, 0.4) is 0 Å². The molecule has 1 N–H and O–H groups in total. The largest absolute Gasteiger partial charge is 0.307 e. The van der Waals surface area contributed by atoms with Gasteiger partial charge >= 0.3 is 0 Å². The van der Waals surface area contributed by atoms with E-state index < -0.39 is 0 Å². The fourth-order valence-corrected chi connectivity index (χ4v) is 4.78. The van der Waals surface area contributed by atoms with Gasteiger partial charge in [-0.2, -0.15) is 0 Å². The first-order valence-electron chi connectivity index (χ1n) is 6.60. The maximum absolute atomic E-state index is 6.03. The molecule has 0 radical (unpaired) electrons. The van der Waals surface area contributed by atoms with Gasteiger partial charge in [-0.05, 0) is 49.4 Å². The molecule has 0 spiro atoms. The lowest BCUT2D eigenvalue weighted by molar-refractivity contribution is 0.421. The first-order chi connectivity index (χ1) is 8.81. The van der Waals surface area contributed by atoms with Gasteiger partial charge < -0.3 is 5.32 Å². The van der Waals surface area contributed by atoms with Crippen molar-refractivity contribution in [1.82, 2.24) is 10.3 Å². The first-order valence-corrected chi connectivity index (χ1v) is 7.80. The summed E-state index contributed by atoms with van der Waals surface area (Å²) in [6.45, 7) is 1.17. The van der Waals surface area contributed by atoms with Gasteiger partial charge in [0.25, 0.3) is 0 Å². The number of hydrogen-bond acceptors (Lipinski definition) is 3. The van der Waals surface area contributed by atoms with Crippen LogP contribution in [0.5, 0.6) is 0 Å². The molecule has 1 saturated carbocycles. The Balaban J connectivity index is 1.74. The predicted octanol–water partition coefficient (Wildman–Crippen LogP) is 4.01. The molecule has 1 aliphatic heterocycles. The first kappa shape index (κ1) is 11.2. The van der Waals surface area contributed by atoms with E-state index in [4.69, 9.17) is 16.6 Å². The van der Waals surface area contributed by atoms with E-state index in [1.807, 2.05) is 23.5 Å². The van der Waals surface area contributed by atoms with E-state index in [0.717, 1.165) is 22.4 Å². The molecule has 4 heteroatoms. The molecule has 1 aromatic carbocycles. The predicted molar refractivity (Wildman–Crippen MR) is 76.2 cm³/mol. The van der Waals surface area contributed by atoms with Gasteiger partial charge in [-0.15, -0.1) is 11.3 Å². The highest BCUT2D eigenvalue weighted by atomic mass is 35.5. The molecule has 2 aliphatic rings. The maximum Gasteiger partial charge on any atom is 0.111 e. The third-order valence-electron chi connectivity index (χ3n) is 4.38. The molecule has 1 aromatic heterocycles. The van der Waals surface area contributed by atoms with Gasteiger partial charge in [-0.3, -0.25) is 0 Å². The van der Waals surface area contributed by atoms with Crippen LogP contribution in [0.1, 0.15) is 30.3 Å². The third kappa shape index (κ3) is 1.68. The number of nitrogens with one attached hydrogen (secondary N) is 1. The van der Waals surface area contributed by atoms with Gasteiger partial charge in [0.05, 0.1) is 16.3 Å². The molecule has 0 amide bonds. The van der Waals surface area contributed by atoms with Crippen molar-refractivity contribution in [3.05, 3.63) is 28.2 Å². The molecule has 3 unspecified atom stereocenters. The second kappa shape index (κ2) is 4.19. The van der Waals surface area contributed by atoms with Crippen molar-refractivity contribution in [2.75, 3.05) is 6.54 Å². The molecule has 4 rings (SSSR count). The smallest absolute Gasteiger partial charge is 0.111 e. The molecular weight excluding hydrogens is 264 g/mol. The minimum atomic E-state index is 0.480. The van der Waals surface area contributed by atoms with E-state index in [-0.39, 0.29) is 0 Å². The van der Waals surface area contributed by atoms with Crippen LogP contribution in [0.15, 0.2) is 18.2 Å². The molecule has 3 atom stereocenters. The molecule has 0 bridgehead atoms. The number of nitrogens with zero attached hydrogens (tertiary/aromatic N) is 1. The van der Waals surface area contributed by atoms with Crippen molar-refractivity contribution in [1.29, 1.82) is 0 Å². The average Bonchev–Trinajstić information content (AvgIpc) is 3.00. The van der Waals surface area contributed by atoms with Crippen LogP contribution in [0.25, 0.3) is 10.2 Å². The van der Waals surface area contributed by atoms with Crippen LogP contribution >= 0.6 is 22.9 Å². The van der Waals surface area contributed by atoms with Crippen LogP contribution in [0.2, 0.25) is 5.02 Å². The van der Waals surface area contributed by atoms with E-state index in [9.17, 15) is 0 Å². The SMILES string of the molecule is Clc1ccc2sc(C3NCC4CCCC43)nc2c1. The molecule has 2 aromatic rings. The van der Waals surface area contributed by atoms with Crippen LogP contribution in [0.4, 0.5) is 0 Å². The highest BCUT2D eigenvalue weighted by Crippen LogP contribution is 2.45. The fraction of sp³-hybridized carbons (Fsp3) is 0.500. The Bertz CT molecular complexity index is 594. The Morgan fingerprint density at radius 3 is 3.22 bits per heavy atom. The lowest BCUT2D eigenvalue weighted by Gasteiger charge is -2.14. The third-order valence-corrected chi connectivity index (χ3v) is 5.73. The summed E-state index contributed by atoms with van der Waals surface area (Å²) in [6.07, 6.45) is 4.15. The maximum atomic E-state index is 6.03. The van der Waals surface area contributed by atoms with E-state index >= 15 is 0 Å². The van der Waals surface area contributed by atoms with Crippen LogP contribution in [-0.2, 0) is 0 Å². The van der Waals surface area contributed by atoms with Crippen molar-refractivity contribution in [3.63, 3.8) is 0 Å². The van der Waals surface area contributed by atoms with Crippen LogP contribution in [-0.4, -0.2) is 11.5 Å². The van der Waals surface area contributed by atoms with E-state index in [0.29, 0.717) is 6.04 Å². The second-order valence-electron chi connectivity index (χ2n) is 5.40. The van der Waals surface area contributed by atoms with Gasteiger partial charge in [0.2, 0.25) is 0 Å². The number of thiazole rings is 1. The van der Waals surface area contributed by atoms with Gasteiger partial charge in [-0.1, -0.05) is 18.0 Å². The Labute approximate surface area is 115 Å². The number of aromatic nitrogens is 1. The number of benzene rings is 1. The summed E-state index contributed by atoms with van der Waals surface area (Å²) < 4.78 is 1.25. The molecule has 2 fully saturated rings. The van der Waals surface area contributed by atoms with Gasteiger partial charge in [0.1, 0.15) is 5.01 Å². The summed E-state index contributed by atoms with van der Waals surface area (Å²) in [5, 5.41) is 5.69. The van der Waals surface area contributed by atoms with Crippen LogP contribution in [0, 0.1) is 11.8 Å². The fourth-order valence-electron chi connectivity index (χ4n) is 3.51. The van der Waals surface area contributed by atoms with Crippen molar-refractivity contribution < 1.29 is 0 Å². The average molecular weight is 279 g/mol. The second-order valence-corrected chi connectivity index (χ2v) is 6.90. The lowest BCUT2D eigenvalue weighted by Crippen LogP contribution is -2.17. The molecule has 18 heavy (non-hydrogen) atoms. The highest BCUT2D eigenvalue weighted by Gasteiger charge is 2.40. The van der Waals surface area contributed by atoms with Crippen molar-refractivity contribution in [2.24, 2.45) is 11.8 Å². The topological polar surface area (TPSA) is 24.9 Å². The summed E-state index contributed by atoms with van der Waals surface area (Å²) in [4.78, 5) is 4.79. The molecular formula is C14H15ClN2S.